The summed E-state index contributed by atoms with van der Waals surface area (Å²) < 4.78 is 19.6. The molecule has 9 heteroatoms. The SMILES string of the molecule is Cc1ccc(NC(=O)CN2C(=O)S/C(=C/c3cccc(OCc4c(F)cccc4Cl)c3)C2=O)cc1. The maximum absolute atomic E-state index is 14.0. The van der Waals surface area contributed by atoms with Crippen LogP contribution in [0.4, 0.5) is 14.9 Å². The minimum Gasteiger partial charge on any atom is -0.489 e. The Kier molecular flexibility index (Phi) is 7.53. The molecule has 178 valence electrons. The van der Waals surface area contributed by atoms with E-state index in [0.717, 1.165) is 22.2 Å². The van der Waals surface area contributed by atoms with Crippen molar-refractivity contribution in [2.75, 3.05) is 11.9 Å². The molecule has 0 unspecified atom stereocenters. The Morgan fingerprint density at radius 3 is 2.60 bits per heavy atom. The second-order valence-electron chi connectivity index (χ2n) is 7.74. The second-order valence-corrected chi connectivity index (χ2v) is 9.14. The summed E-state index contributed by atoms with van der Waals surface area (Å²) in [7, 11) is 0. The van der Waals surface area contributed by atoms with Gasteiger partial charge in [-0.25, -0.2) is 4.39 Å². The van der Waals surface area contributed by atoms with E-state index in [0.29, 0.717) is 17.0 Å². The zero-order valence-corrected chi connectivity index (χ0v) is 20.2. The minimum atomic E-state index is -0.552. The number of rotatable bonds is 7. The van der Waals surface area contributed by atoms with Crippen LogP contribution in [-0.4, -0.2) is 28.5 Å². The molecule has 0 atom stereocenters. The van der Waals surface area contributed by atoms with Crippen molar-refractivity contribution >= 4 is 52.2 Å². The lowest BCUT2D eigenvalue weighted by Gasteiger charge is -2.12. The van der Waals surface area contributed by atoms with Crippen molar-refractivity contribution in [3.05, 3.63) is 99.2 Å². The molecule has 3 amide bonds. The topological polar surface area (TPSA) is 75.7 Å². The van der Waals surface area contributed by atoms with Gasteiger partial charge in [0.2, 0.25) is 5.91 Å². The minimum absolute atomic E-state index is 0.0679. The zero-order valence-electron chi connectivity index (χ0n) is 18.6. The van der Waals surface area contributed by atoms with Gasteiger partial charge in [0.1, 0.15) is 24.7 Å². The Morgan fingerprint density at radius 1 is 1.11 bits per heavy atom. The van der Waals surface area contributed by atoms with E-state index in [1.165, 1.54) is 12.1 Å². The number of carbonyl (C=O) groups excluding carboxylic acids is 3. The molecule has 0 bridgehead atoms. The standard InChI is InChI=1S/C26H20ClFN2O4S/c1-16-8-10-18(11-9-16)29-24(31)14-30-25(32)23(35-26(30)33)13-17-4-2-5-19(12-17)34-15-20-21(27)6-3-7-22(20)28/h2-13H,14-15H2,1H3,(H,29,31)/b23-13+. The van der Waals surface area contributed by atoms with Gasteiger partial charge < -0.3 is 10.1 Å². The molecule has 1 N–H and O–H groups in total. The van der Waals surface area contributed by atoms with E-state index in [4.69, 9.17) is 16.3 Å². The van der Waals surface area contributed by atoms with Gasteiger partial charge in [0.25, 0.3) is 11.1 Å². The van der Waals surface area contributed by atoms with E-state index in [9.17, 15) is 18.8 Å². The van der Waals surface area contributed by atoms with Gasteiger partial charge in [-0.1, -0.05) is 47.5 Å². The van der Waals surface area contributed by atoms with Crippen molar-refractivity contribution in [2.45, 2.75) is 13.5 Å². The number of ether oxygens (including phenoxy) is 1. The molecule has 0 aliphatic carbocycles. The summed E-state index contributed by atoms with van der Waals surface area (Å²) in [6, 6.07) is 18.4. The van der Waals surface area contributed by atoms with Crippen LogP contribution in [0.15, 0.2) is 71.6 Å². The third kappa shape index (κ3) is 6.09. The lowest BCUT2D eigenvalue weighted by atomic mass is 10.2. The fourth-order valence-corrected chi connectivity index (χ4v) is 4.34. The van der Waals surface area contributed by atoms with Crippen LogP contribution < -0.4 is 10.1 Å². The molecule has 1 heterocycles. The Bertz CT molecular complexity index is 1310. The smallest absolute Gasteiger partial charge is 0.294 e. The monoisotopic (exact) mass is 510 g/mol. The molecular formula is C26H20ClFN2O4S. The van der Waals surface area contributed by atoms with E-state index in [2.05, 4.69) is 5.32 Å². The summed E-state index contributed by atoms with van der Waals surface area (Å²) >= 11 is 6.79. The summed E-state index contributed by atoms with van der Waals surface area (Å²) in [5.74, 6) is -1.05. The highest BCUT2D eigenvalue weighted by molar-refractivity contribution is 8.18. The molecule has 0 aromatic heterocycles. The molecule has 0 saturated carbocycles. The van der Waals surface area contributed by atoms with Gasteiger partial charge in [-0.2, -0.15) is 0 Å². The second kappa shape index (κ2) is 10.8. The van der Waals surface area contributed by atoms with Gasteiger partial charge in [-0.05, 0) is 66.7 Å². The third-order valence-electron chi connectivity index (χ3n) is 5.11. The van der Waals surface area contributed by atoms with Gasteiger partial charge in [-0.15, -0.1) is 0 Å². The molecule has 6 nitrogen and oxygen atoms in total. The highest BCUT2D eigenvalue weighted by atomic mass is 35.5. The average Bonchev–Trinajstić information content (AvgIpc) is 3.08. The fraction of sp³-hybridized carbons (Fsp3) is 0.115. The predicted octanol–water partition coefficient (Wildman–Crippen LogP) is 6.04. The van der Waals surface area contributed by atoms with E-state index < -0.39 is 22.9 Å². The van der Waals surface area contributed by atoms with Crippen molar-refractivity contribution in [3.63, 3.8) is 0 Å². The van der Waals surface area contributed by atoms with Crippen molar-refractivity contribution in [2.24, 2.45) is 0 Å². The van der Waals surface area contributed by atoms with Gasteiger partial charge in [-0.3, -0.25) is 19.3 Å². The van der Waals surface area contributed by atoms with E-state index in [1.807, 2.05) is 19.1 Å². The highest BCUT2D eigenvalue weighted by Gasteiger charge is 2.36. The Labute approximate surface area is 210 Å². The molecule has 3 aromatic rings. The number of amides is 3. The summed E-state index contributed by atoms with van der Waals surface area (Å²) in [6.07, 6.45) is 1.55. The molecule has 1 saturated heterocycles. The quantitative estimate of drug-likeness (QED) is 0.392. The lowest BCUT2D eigenvalue weighted by molar-refractivity contribution is -0.127. The van der Waals surface area contributed by atoms with Crippen LogP contribution in [0.2, 0.25) is 5.02 Å². The maximum atomic E-state index is 14.0. The normalized spacial score (nSPS) is 14.5. The number of nitrogens with one attached hydrogen (secondary N) is 1. The van der Waals surface area contributed by atoms with Crippen LogP contribution in [0, 0.1) is 12.7 Å². The average molecular weight is 511 g/mol. The largest absolute Gasteiger partial charge is 0.489 e. The fourth-order valence-electron chi connectivity index (χ4n) is 3.29. The van der Waals surface area contributed by atoms with Crippen LogP contribution in [0.1, 0.15) is 16.7 Å². The first kappa shape index (κ1) is 24.5. The van der Waals surface area contributed by atoms with Gasteiger partial charge in [0.05, 0.1) is 9.93 Å². The van der Waals surface area contributed by atoms with Crippen molar-refractivity contribution in [3.8, 4) is 5.75 Å². The molecule has 0 radical (unpaired) electrons. The van der Waals surface area contributed by atoms with Crippen molar-refractivity contribution < 1.29 is 23.5 Å². The Balaban J connectivity index is 1.41. The van der Waals surface area contributed by atoms with Crippen LogP contribution in [0.25, 0.3) is 6.08 Å². The molecule has 3 aromatic carbocycles. The van der Waals surface area contributed by atoms with E-state index in [1.54, 1.807) is 48.5 Å². The third-order valence-corrected chi connectivity index (χ3v) is 6.37. The molecular weight excluding hydrogens is 491 g/mol. The number of halogens is 2. The van der Waals surface area contributed by atoms with Crippen LogP contribution >= 0.6 is 23.4 Å². The molecule has 1 aliphatic heterocycles. The lowest BCUT2D eigenvalue weighted by Crippen LogP contribution is -2.36. The zero-order chi connectivity index (χ0) is 24.9. The number of benzene rings is 3. The molecule has 1 aliphatic rings. The van der Waals surface area contributed by atoms with Gasteiger partial charge in [0.15, 0.2) is 0 Å². The predicted molar refractivity (Wildman–Crippen MR) is 135 cm³/mol. The summed E-state index contributed by atoms with van der Waals surface area (Å²) in [5, 5.41) is 2.42. The van der Waals surface area contributed by atoms with E-state index >= 15 is 0 Å². The number of thioether (sulfide) groups is 1. The number of nitrogens with zero attached hydrogens (tertiary/aromatic N) is 1. The number of aryl methyl sites for hydroxylation is 1. The van der Waals surface area contributed by atoms with Crippen LogP contribution in [0.5, 0.6) is 5.75 Å². The van der Waals surface area contributed by atoms with E-state index in [-0.39, 0.29) is 28.6 Å². The number of imide groups is 1. The summed E-state index contributed by atoms with van der Waals surface area (Å²) in [4.78, 5) is 38.6. The summed E-state index contributed by atoms with van der Waals surface area (Å²) in [5.41, 5.74) is 2.47. The molecule has 0 spiro atoms. The Morgan fingerprint density at radius 2 is 1.86 bits per heavy atom. The first-order chi connectivity index (χ1) is 16.8. The van der Waals surface area contributed by atoms with Gasteiger partial charge in [0, 0.05) is 11.3 Å². The first-order valence-electron chi connectivity index (χ1n) is 10.6. The highest BCUT2D eigenvalue weighted by Crippen LogP contribution is 2.32. The number of hydrogen-bond acceptors (Lipinski definition) is 5. The number of carbonyl (C=O) groups is 3. The number of hydrogen-bond donors (Lipinski definition) is 1. The maximum Gasteiger partial charge on any atom is 0.294 e. The molecule has 4 rings (SSSR count). The van der Waals surface area contributed by atoms with Crippen molar-refractivity contribution in [1.82, 2.24) is 4.90 Å². The Hall–Kier alpha value is -3.62. The number of anilines is 1. The molecule has 1 fully saturated rings. The molecule has 35 heavy (non-hydrogen) atoms. The first-order valence-corrected chi connectivity index (χ1v) is 11.8. The van der Waals surface area contributed by atoms with Gasteiger partial charge >= 0.3 is 0 Å². The van der Waals surface area contributed by atoms with Crippen molar-refractivity contribution in [1.29, 1.82) is 0 Å². The van der Waals surface area contributed by atoms with Crippen LogP contribution in [-0.2, 0) is 16.2 Å². The summed E-state index contributed by atoms with van der Waals surface area (Å²) in [6.45, 7) is 1.47. The van der Waals surface area contributed by atoms with Crippen LogP contribution in [0.3, 0.4) is 0 Å².